The molecule has 1 unspecified atom stereocenters. The number of nitrogens with one attached hydrogen (secondary N) is 1. The highest BCUT2D eigenvalue weighted by Crippen LogP contribution is 2.43. The molecule has 0 saturated carbocycles. The van der Waals surface area contributed by atoms with E-state index in [1.54, 1.807) is 50.2 Å². The van der Waals surface area contributed by atoms with Crippen molar-refractivity contribution in [1.82, 2.24) is 5.32 Å². The van der Waals surface area contributed by atoms with E-state index >= 15 is 0 Å². The number of dihydropyridines is 1. The van der Waals surface area contributed by atoms with Gasteiger partial charge in [0.1, 0.15) is 35.6 Å². The third-order valence-electron chi connectivity index (χ3n) is 4.73. The van der Waals surface area contributed by atoms with Crippen LogP contribution >= 0.6 is 0 Å². The smallest absolute Gasteiger partial charge is 0.489 e. The van der Waals surface area contributed by atoms with E-state index in [2.05, 4.69) is 10.1 Å². The van der Waals surface area contributed by atoms with Crippen molar-refractivity contribution in [3.63, 3.8) is 0 Å². The third kappa shape index (κ3) is 5.18. The Kier molecular flexibility index (Phi) is 6.99. The van der Waals surface area contributed by atoms with Crippen molar-refractivity contribution in [2.24, 2.45) is 0 Å². The van der Waals surface area contributed by atoms with Crippen LogP contribution in [0, 0.1) is 5.82 Å². The van der Waals surface area contributed by atoms with Crippen molar-refractivity contribution in [1.29, 1.82) is 0 Å². The topological polar surface area (TPSA) is 103 Å². The third-order valence-corrected chi connectivity index (χ3v) is 4.73. The first-order valence-electron chi connectivity index (χ1n) is 9.61. The van der Waals surface area contributed by atoms with E-state index in [-0.39, 0.29) is 23.9 Å². The molecule has 0 saturated heterocycles. The monoisotopic (exact) mass is 443 g/mol. The molecule has 9 heteroatoms. The molecule has 0 fully saturated rings. The van der Waals surface area contributed by atoms with Gasteiger partial charge in [-0.15, -0.1) is 0 Å². The Hall–Kier alpha value is -4.01. The molecule has 168 valence electrons. The molecule has 0 bridgehead atoms. The van der Waals surface area contributed by atoms with Crippen molar-refractivity contribution >= 4 is 12.3 Å². The van der Waals surface area contributed by atoms with E-state index in [0.717, 1.165) is 5.56 Å². The van der Waals surface area contributed by atoms with Crippen LogP contribution in [-0.2, 0) is 20.8 Å². The van der Waals surface area contributed by atoms with Gasteiger partial charge in [-0.25, -0.2) is 14.0 Å². The lowest BCUT2D eigenvalue weighted by molar-refractivity contribution is 0.0845. The van der Waals surface area contributed by atoms with Crippen molar-refractivity contribution in [3.8, 4) is 5.75 Å². The van der Waals surface area contributed by atoms with E-state index in [1.165, 1.54) is 19.2 Å². The van der Waals surface area contributed by atoms with E-state index in [9.17, 15) is 19.1 Å². The summed E-state index contributed by atoms with van der Waals surface area (Å²) < 4.78 is 34.2. The highest BCUT2D eigenvalue weighted by atomic mass is 19.1. The molecule has 2 aromatic rings. The summed E-state index contributed by atoms with van der Waals surface area (Å²) in [5.74, 6) is -0.723. The Balaban J connectivity index is 2.03. The van der Waals surface area contributed by atoms with Crippen molar-refractivity contribution in [2.45, 2.75) is 26.4 Å². The van der Waals surface area contributed by atoms with E-state index < -0.39 is 18.2 Å². The first-order chi connectivity index (χ1) is 15.3. The van der Waals surface area contributed by atoms with Crippen LogP contribution in [0.15, 0.2) is 71.4 Å². The molecule has 1 aliphatic rings. The van der Waals surface area contributed by atoms with Crippen molar-refractivity contribution in [2.75, 3.05) is 7.11 Å². The Labute approximate surface area is 183 Å². The normalized spacial score (nSPS) is 15.7. The van der Waals surface area contributed by atoms with Crippen LogP contribution in [-0.4, -0.2) is 24.5 Å². The van der Waals surface area contributed by atoms with Gasteiger partial charge in [-0.2, -0.15) is 0 Å². The molecule has 2 aromatic carbocycles. The zero-order valence-electron chi connectivity index (χ0n) is 17.7. The molecular formula is C23H22FNO7. The van der Waals surface area contributed by atoms with Gasteiger partial charge >= 0.3 is 12.3 Å². The van der Waals surface area contributed by atoms with E-state index in [0.29, 0.717) is 22.7 Å². The van der Waals surface area contributed by atoms with Crippen LogP contribution in [0.2, 0.25) is 0 Å². The molecule has 0 radical (unpaired) electrons. The molecule has 1 atom stereocenters. The molecule has 1 aliphatic heterocycles. The summed E-state index contributed by atoms with van der Waals surface area (Å²) in [4.78, 5) is 23.3. The maximum absolute atomic E-state index is 13.2. The number of carbonyl (C=O) groups is 2. The number of rotatable bonds is 6. The molecule has 0 aliphatic carbocycles. The highest BCUT2D eigenvalue weighted by molar-refractivity contribution is 5.64. The van der Waals surface area contributed by atoms with Crippen LogP contribution in [0.1, 0.15) is 30.9 Å². The quantitative estimate of drug-likeness (QED) is 0.599. The predicted octanol–water partition coefficient (Wildman–Crippen LogP) is 5.03. The molecule has 2 N–H and O–H groups in total. The number of hydrogen-bond acceptors (Lipinski definition) is 7. The summed E-state index contributed by atoms with van der Waals surface area (Å²) in [7, 11) is 1.17. The standard InChI is InChI=1S/C23H22FNO7/c1-13-20(31-22(26)27)19(21(14(2)25-13)32-23(28)29-3)17-6-4-5-7-18(17)30-12-15-8-10-16(24)11-9-15/h4-11,19,25H,12H2,1-3H3,(H,26,27). The number of benzene rings is 2. The maximum Gasteiger partial charge on any atom is 0.513 e. The minimum atomic E-state index is -1.52. The number of hydrogen-bond donors (Lipinski definition) is 2. The second kappa shape index (κ2) is 9.86. The van der Waals surface area contributed by atoms with Gasteiger partial charge in [0.25, 0.3) is 0 Å². The molecule has 0 aromatic heterocycles. The van der Waals surface area contributed by atoms with Crippen LogP contribution in [0.25, 0.3) is 0 Å². The Morgan fingerprint density at radius 3 is 2.25 bits per heavy atom. The second-order valence-electron chi connectivity index (χ2n) is 6.91. The van der Waals surface area contributed by atoms with Crippen LogP contribution in [0.5, 0.6) is 5.75 Å². The molecule has 32 heavy (non-hydrogen) atoms. The average Bonchev–Trinajstić information content (AvgIpc) is 2.76. The molecule has 1 heterocycles. The fourth-order valence-electron chi connectivity index (χ4n) is 3.33. The SMILES string of the molecule is COC(=O)OC1=C(C)NC(C)=C(OC(=O)O)C1c1ccccc1OCc1ccc(F)cc1. The first kappa shape index (κ1) is 22.7. The largest absolute Gasteiger partial charge is 0.513 e. The van der Waals surface area contributed by atoms with Crippen LogP contribution in [0.3, 0.4) is 0 Å². The van der Waals surface area contributed by atoms with Gasteiger partial charge in [0.15, 0.2) is 0 Å². The summed E-state index contributed by atoms with van der Waals surface area (Å²) >= 11 is 0. The van der Waals surface area contributed by atoms with Gasteiger partial charge < -0.3 is 29.4 Å². The zero-order valence-corrected chi connectivity index (χ0v) is 17.7. The lowest BCUT2D eigenvalue weighted by atomic mass is 9.90. The Morgan fingerprint density at radius 1 is 1.00 bits per heavy atom. The minimum absolute atomic E-state index is 0.0276. The molecule has 0 spiro atoms. The molecular weight excluding hydrogens is 421 g/mol. The summed E-state index contributed by atoms with van der Waals surface area (Å²) in [6.07, 6.45) is -2.49. The number of para-hydroxylation sites is 1. The van der Waals surface area contributed by atoms with Gasteiger partial charge in [0.2, 0.25) is 0 Å². The van der Waals surface area contributed by atoms with Gasteiger partial charge in [-0.3, -0.25) is 0 Å². The zero-order chi connectivity index (χ0) is 23.3. The van der Waals surface area contributed by atoms with E-state index in [4.69, 9.17) is 14.2 Å². The lowest BCUT2D eigenvalue weighted by Crippen LogP contribution is -2.29. The Morgan fingerprint density at radius 2 is 1.62 bits per heavy atom. The number of methoxy groups -OCH3 is 1. The maximum atomic E-state index is 13.2. The van der Waals surface area contributed by atoms with Gasteiger partial charge in [-0.1, -0.05) is 30.3 Å². The van der Waals surface area contributed by atoms with Crippen molar-refractivity contribution in [3.05, 3.63) is 88.4 Å². The number of carbonyl (C=O) groups excluding carboxylic acids is 1. The van der Waals surface area contributed by atoms with Crippen LogP contribution < -0.4 is 10.1 Å². The van der Waals surface area contributed by atoms with Gasteiger partial charge in [0, 0.05) is 5.56 Å². The predicted molar refractivity (Wildman–Crippen MR) is 111 cm³/mol. The summed E-state index contributed by atoms with van der Waals surface area (Å²) in [5.41, 5.74) is 2.15. The summed E-state index contributed by atoms with van der Waals surface area (Å²) in [5, 5.41) is 12.2. The Bertz CT molecular complexity index is 1080. The molecule has 8 nitrogen and oxygen atoms in total. The fourth-order valence-corrected chi connectivity index (χ4v) is 3.33. The number of ether oxygens (including phenoxy) is 4. The fraction of sp³-hybridized carbons (Fsp3) is 0.217. The molecule has 0 amide bonds. The van der Waals surface area contributed by atoms with Gasteiger partial charge in [-0.05, 0) is 37.6 Å². The van der Waals surface area contributed by atoms with Crippen LogP contribution in [0.4, 0.5) is 14.0 Å². The van der Waals surface area contributed by atoms with Gasteiger partial charge in [0.05, 0.1) is 18.5 Å². The van der Waals surface area contributed by atoms with Crippen molar-refractivity contribution < 1.29 is 38.0 Å². The number of carboxylic acid groups (broad SMARTS) is 1. The second-order valence-corrected chi connectivity index (χ2v) is 6.91. The number of allylic oxidation sites excluding steroid dienone is 2. The number of halogens is 1. The minimum Gasteiger partial charge on any atom is -0.489 e. The lowest BCUT2D eigenvalue weighted by Gasteiger charge is -2.30. The summed E-state index contributed by atoms with van der Waals surface area (Å²) in [6, 6.07) is 12.7. The average molecular weight is 443 g/mol. The highest BCUT2D eigenvalue weighted by Gasteiger charge is 2.36. The molecule has 3 rings (SSSR count). The van der Waals surface area contributed by atoms with E-state index in [1.807, 2.05) is 0 Å². The first-order valence-corrected chi connectivity index (χ1v) is 9.61. The summed E-state index contributed by atoms with van der Waals surface area (Å²) in [6.45, 7) is 3.45.